The molecule has 15 heavy (non-hydrogen) atoms. The summed E-state index contributed by atoms with van der Waals surface area (Å²) in [5.41, 5.74) is 5.86. The van der Waals surface area contributed by atoms with Crippen LogP contribution in [-0.4, -0.2) is 18.5 Å². The van der Waals surface area contributed by atoms with Crippen LogP contribution in [0.4, 0.5) is 4.79 Å². The molecule has 0 fully saturated rings. The smallest absolute Gasteiger partial charge is 0.414 e. The molecule has 0 unspecified atom stereocenters. The van der Waals surface area contributed by atoms with Gasteiger partial charge in [0.2, 0.25) is 5.91 Å². The number of alkyl carbamates (subject to hydrolysis) is 1. The summed E-state index contributed by atoms with van der Waals surface area (Å²) >= 11 is 0. The highest BCUT2D eigenvalue weighted by Crippen LogP contribution is 2.00. The van der Waals surface area contributed by atoms with Gasteiger partial charge in [0.05, 0.1) is 6.54 Å². The Morgan fingerprint density at radius 1 is 1.27 bits per heavy atom. The molecule has 1 aromatic rings. The first-order valence-corrected chi connectivity index (χ1v) is 4.43. The van der Waals surface area contributed by atoms with E-state index in [0.29, 0.717) is 0 Å². The first kappa shape index (κ1) is 11.2. The molecular formula is C10H12N2O3. The zero-order chi connectivity index (χ0) is 11.1. The monoisotopic (exact) mass is 208 g/mol. The van der Waals surface area contributed by atoms with Gasteiger partial charge in [0.1, 0.15) is 6.61 Å². The van der Waals surface area contributed by atoms with Gasteiger partial charge in [-0.3, -0.25) is 10.1 Å². The predicted molar refractivity (Wildman–Crippen MR) is 53.8 cm³/mol. The van der Waals surface area contributed by atoms with E-state index < -0.39 is 12.0 Å². The number of amides is 2. The summed E-state index contributed by atoms with van der Waals surface area (Å²) in [4.78, 5) is 21.7. The Morgan fingerprint density at radius 2 is 1.93 bits per heavy atom. The molecule has 0 bridgehead atoms. The minimum Gasteiger partial charge on any atom is -0.444 e. The fraction of sp³-hybridized carbons (Fsp3) is 0.200. The van der Waals surface area contributed by atoms with Crippen molar-refractivity contribution in [1.82, 2.24) is 5.32 Å². The van der Waals surface area contributed by atoms with Gasteiger partial charge in [-0.15, -0.1) is 0 Å². The van der Waals surface area contributed by atoms with Gasteiger partial charge in [-0.1, -0.05) is 30.3 Å². The van der Waals surface area contributed by atoms with E-state index in [4.69, 9.17) is 10.5 Å². The number of hydrogen-bond acceptors (Lipinski definition) is 4. The normalized spacial score (nSPS) is 9.40. The van der Waals surface area contributed by atoms with Gasteiger partial charge in [-0.2, -0.15) is 0 Å². The summed E-state index contributed by atoms with van der Waals surface area (Å²) in [6, 6.07) is 9.17. The second-order valence-corrected chi connectivity index (χ2v) is 2.81. The topological polar surface area (TPSA) is 81.4 Å². The fourth-order valence-corrected chi connectivity index (χ4v) is 0.924. The molecule has 0 atom stereocenters. The number of carbonyl (C=O) groups excluding carboxylic acids is 2. The van der Waals surface area contributed by atoms with Crippen molar-refractivity contribution in [3.8, 4) is 0 Å². The van der Waals surface area contributed by atoms with Crippen LogP contribution in [0.2, 0.25) is 0 Å². The first-order chi connectivity index (χ1) is 7.22. The molecule has 0 aliphatic heterocycles. The van der Waals surface area contributed by atoms with E-state index in [-0.39, 0.29) is 13.2 Å². The van der Waals surface area contributed by atoms with E-state index in [9.17, 15) is 9.59 Å². The standard InChI is InChI=1S/C10H12N2O3/c11-6-9(13)12-10(14)15-7-8-4-2-1-3-5-8/h1-5H,6-7,11H2,(H,12,13,14). The third-order valence-corrected chi connectivity index (χ3v) is 1.64. The van der Waals surface area contributed by atoms with Crippen LogP contribution in [0.15, 0.2) is 30.3 Å². The Kier molecular flexibility index (Phi) is 4.30. The molecule has 0 saturated carbocycles. The highest BCUT2D eigenvalue weighted by molar-refractivity contribution is 5.92. The fourth-order valence-electron chi connectivity index (χ4n) is 0.924. The van der Waals surface area contributed by atoms with Crippen LogP contribution >= 0.6 is 0 Å². The summed E-state index contributed by atoms with van der Waals surface area (Å²) < 4.78 is 4.77. The molecule has 80 valence electrons. The second-order valence-electron chi connectivity index (χ2n) is 2.81. The van der Waals surface area contributed by atoms with Crippen molar-refractivity contribution < 1.29 is 14.3 Å². The van der Waals surface area contributed by atoms with Gasteiger partial charge in [0, 0.05) is 0 Å². The summed E-state index contributed by atoms with van der Waals surface area (Å²) in [5, 5.41) is 1.97. The molecule has 0 heterocycles. The second kappa shape index (κ2) is 5.77. The lowest BCUT2D eigenvalue weighted by atomic mass is 10.2. The third-order valence-electron chi connectivity index (χ3n) is 1.64. The van der Waals surface area contributed by atoms with Crippen LogP contribution < -0.4 is 11.1 Å². The molecule has 5 nitrogen and oxygen atoms in total. The molecule has 0 aliphatic carbocycles. The molecule has 0 aromatic heterocycles. The average Bonchev–Trinajstić information content (AvgIpc) is 2.27. The van der Waals surface area contributed by atoms with Crippen molar-refractivity contribution in [3.05, 3.63) is 35.9 Å². The first-order valence-electron chi connectivity index (χ1n) is 4.43. The summed E-state index contributed by atoms with van der Waals surface area (Å²) in [5.74, 6) is -0.562. The SMILES string of the molecule is NCC(=O)NC(=O)OCc1ccccc1. The minimum absolute atomic E-state index is 0.129. The molecule has 5 heteroatoms. The number of carbonyl (C=O) groups is 2. The van der Waals surface area contributed by atoms with E-state index in [1.807, 2.05) is 35.6 Å². The van der Waals surface area contributed by atoms with Gasteiger partial charge in [-0.25, -0.2) is 4.79 Å². The van der Waals surface area contributed by atoms with Crippen molar-refractivity contribution in [1.29, 1.82) is 0 Å². The number of imide groups is 1. The van der Waals surface area contributed by atoms with Crippen LogP contribution in [-0.2, 0) is 16.1 Å². The summed E-state index contributed by atoms with van der Waals surface area (Å²) in [6.07, 6.45) is -0.783. The molecule has 1 aromatic carbocycles. The van der Waals surface area contributed by atoms with Gasteiger partial charge in [-0.05, 0) is 5.56 Å². The van der Waals surface area contributed by atoms with Crippen LogP contribution in [0.3, 0.4) is 0 Å². The van der Waals surface area contributed by atoms with Crippen LogP contribution in [0, 0.1) is 0 Å². The Balaban J connectivity index is 2.32. The molecule has 0 aliphatic rings. The van der Waals surface area contributed by atoms with Crippen molar-refractivity contribution in [2.24, 2.45) is 5.73 Å². The zero-order valence-electron chi connectivity index (χ0n) is 8.10. The quantitative estimate of drug-likeness (QED) is 0.753. The maximum Gasteiger partial charge on any atom is 0.414 e. The predicted octanol–water partition coefficient (Wildman–Crippen LogP) is 0.398. The van der Waals surface area contributed by atoms with E-state index >= 15 is 0 Å². The Labute approximate surface area is 87.2 Å². The minimum atomic E-state index is -0.783. The van der Waals surface area contributed by atoms with E-state index in [1.54, 1.807) is 0 Å². The number of rotatable bonds is 3. The highest BCUT2D eigenvalue weighted by atomic mass is 16.5. The number of nitrogens with two attached hydrogens (primary N) is 1. The molecule has 3 N–H and O–H groups in total. The summed E-state index contributed by atoms with van der Waals surface area (Å²) in [7, 11) is 0. The van der Waals surface area contributed by atoms with Crippen molar-refractivity contribution in [3.63, 3.8) is 0 Å². The van der Waals surface area contributed by atoms with Crippen LogP contribution in [0.5, 0.6) is 0 Å². The number of nitrogens with one attached hydrogen (secondary N) is 1. The third kappa shape index (κ3) is 4.24. The molecule has 0 spiro atoms. The Hall–Kier alpha value is -1.88. The Bertz CT molecular complexity index is 338. The van der Waals surface area contributed by atoms with Gasteiger partial charge in [0.25, 0.3) is 0 Å². The lowest BCUT2D eigenvalue weighted by Crippen LogP contribution is -2.35. The number of ether oxygens (including phenoxy) is 1. The van der Waals surface area contributed by atoms with E-state index in [1.165, 1.54) is 0 Å². The molecule has 1 rings (SSSR count). The van der Waals surface area contributed by atoms with Crippen LogP contribution in [0.25, 0.3) is 0 Å². The maximum absolute atomic E-state index is 11.0. The Morgan fingerprint density at radius 3 is 2.53 bits per heavy atom. The van der Waals surface area contributed by atoms with Crippen molar-refractivity contribution in [2.75, 3.05) is 6.54 Å². The molecule has 2 amide bonds. The van der Waals surface area contributed by atoms with Crippen molar-refractivity contribution >= 4 is 12.0 Å². The van der Waals surface area contributed by atoms with Crippen LogP contribution in [0.1, 0.15) is 5.56 Å². The lowest BCUT2D eigenvalue weighted by molar-refractivity contribution is -0.119. The van der Waals surface area contributed by atoms with Crippen molar-refractivity contribution in [2.45, 2.75) is 6.61 Å². The maximum atomic E-state index is 11.0. The zero-order valence-corrected chi connectivity index (χ0v) is 8.10. The highest BCUT2D eigenvalue weighted by Gasteiger charge is 2.06. The molecule has 0 saturated heterocycles. The van der Waals surface area contributed by atoms with Gasteiger partial charge < -0.3 is 10.5 Å². The van der Waals surface area contributed by atoms with Gasteiger partial charge >= 0.3 is 6.09 Å². The summed E-state index contributed by atoms with van der Waals surface area (Å²) in [6.45, 7) is -0.106. The van der Waals surface area contributed by atoms with E-state index in [2.05, 4.69) is 0 Å². The number of benzene rings is 1. The number of hydrogen-bond donors (Lipinski definition) is 2. The lowest BCUT2D eigenvalue weighted by Gasteiger charge is -2.04. The largest absolute Gasteiger partial charge is 0.444 e. The average molecular weight is 208 g/mol. The van der Waals surface area contributed by atoms with E-state index in [0.717, 1.165) is 5.56 Å². The van der Waals surface area contributed by atoms with Gasteiger partial charge in [0.15, 0.2) is 0 Å². The molecular weight excluding hydrogens is 196 g/mol. The molecule has 0 radical (unpaired) electrons.